The Morgan fingerprint density at radius 3 is 2.94 bits per heavy atom. The molecule has 0 aliphatic carbocycles. The molecule has 0 amide bonds. The Balaban J connectivity index is 2.39. The number of pyridine rings is 1. The van der Waals surface area contributed by atoms with E-state index in [0.717, 1.165) is 11.2 Å². The van der Waals surface area contributed by atoms with E-state index in [9.17, 15) is 4.79 Å². The van der Waals surface area contributed by atoms with Crippen LogP contribution in [0.4, 0.5) is 0 Å². The Labute approximate surface area is 100 Å². The molecule has 0 saturated heterocycles. The van der Waals surface area contributed by atoms with Gasteiger partial charge in [0.25, 0.3) is 0 Å². The summed E-state index contributed by atoms with van der Waals surface area (Å²) in [5, 5.41) is 0. The van der Waals surface area contributed by atoms with Gasteiger partial charge in [-0.2, -0.15) is 0 Å². The van der Waals surface area contributed by atoms with Gasteiger partial charge in [0.2, 0.25) is 5.78 Å². The minimum Gasteiger partial charge on any atom is -0.383 e. The highest BCUT2D eigenvalue weighted by Crippen LogP contribution is 2.09. The largest absolute Gasteiger partial charge is 0.383 e. The van der Waals surface area contributed by atoms with Crippen LogP contribution in [0.15, 0.2) is 36.8 Å². The third-order valence-electron chi connectivity index (χ3n) is 2.45. The molecule has 88 valence electrons. The molecule has 0 fully saturated rings. The molecule has 0 aliphatic heterocycles. The fraction of sp³-hybridized carbons (Fsp3) is 0.231. The first-order valence-corrected chi connectivity index (χ1v) is 5.40. The van der Waals surface area contributed by atoms with E-state index in [1.807, 2.05) is 44.2 Å². The summed E-state index contributed by atoms with van der Waals surface area (Å²) in [4.78, 5) is 18.0. The molecule has 0 bridgehead atoms. The molecule has 17 heavy (non-hydrogen) atoms. The summed E-state index contributed by atoms with van der Waals surface area (Å²) >= 11 is 0. The Bertz CT molecular complexity index is 581. The average Bonchev–Trinajstić information content (AvgIpc) is 2.68. The van der Waals surface area contributed by atoms with Crippen LogP contribution in [0.3, 0.4) is 0 Å². The number of allylic oxidation sites excluding steroid dienone is 1. The molecule has 2 rings (SSSR count). The van der Waals surface area contributed by atoms with Gasteiger partial charge in [-0.25, -0.2) is 4.98 Å². The van der Waals surface area contributed by atoms with Crippen molar-refractivity contribution in [2.24, 2.45) is 0 Å². The van der Waals surface area contributed by atoms with Gasteiger partial charge in [0, 0.05) is 32.6 Å². The Morgan fingerprint density at radius 2 is 2.24 bits per heavy atom. The molecule has 0 N–H and O–H groups in total. The topological polar surface area (TPSA) is 37.6 Å². The Morgan fingerprint density at radius 1 is 1.47 bits per heavy atom. The average molecular weight is 229 g/mol. The monoisotopic (exact) mass is 229 g/mol. The Hall–Kier alpha value is -2.10. The molecule has 4 nitrogen and oxygen atoms in total. The standard InChI is InChI=1S/C13H15N3O/c1-10-4-7-16-11(9-14-13(16)8-10)12(17)5-6-15(2)3/h4-9H,1-3H3. The summed E-state index contributed by atoms with van der Waals surface area (Å²) in [5.74, 6) is -0.0462. The summed E-state index contributed by atoms with van der Waals surface area (Å²) in [6.07, 6.45) is 6.75. The first-order chi connectivity index (χ1) is 8.08. The molecule has 4 heteroatoms. The van der Waals surface area contributed by atoms with Crippen molar-refractivity contribution in [1.29, 1.82) is 0 Å². The maximum Gasteiger partial charge on any atom is 0.205 e. The molecule has 2 aromatic heterocycles. The number of nitrogens with zero attached hydrogens (tertiary/aromatic N) is 3. The van der Waals surface area contributed by atoms with Crippen molar-refractivity contribution in [3.05, 3.63) is 48.1 Å². The predicted molar refractivity (Wildman–Crippen MR) is 67.1 cm³/mol. The van der Waals surface area contributed by atoms with Gasteiger partial charge in [-0.3, -0.25) is 9.20 Å². The van der Waals surface area contributed by atoms with Gasteiger partial charge in [0.1, 0.15) is 11.3 Å². The van der Waals surface area contributed by atoms with E-state index >= 15 is 0 Å². The van der Waals surface area contributed by atoms with Crippen LogP contribution in [0, 0.1) is 6.92 Å². The molecule has 2 aromatic rings. The van der Waals surface area contributed by atoms with Crippen LogP contribution in [0.2, 0.25) is 0 Å². The Kier molecular flexibility index (Phi) is 2.95. The molecule has 0 spiro atoms. The van der Waals surface area contributed by atoms with Crippen LogP contribution in [-0.4, -0.2) is 34.2 Å². The number of carbonyl (C=O) groups is 1. The number of ketones is 1. The van der Waals surface area contributed by atoms with E-state index in [0.29, 0.717) is 5.69 Å². The van der Waals surface area contributed by atoms with Crippen molar-refractivity contribution < 1.29 is 4.79 Å². The van der Waals surface area contributed by atoms with Gasteiger partial charge in [-0.15, -0.1) is 0 Å². The summed E-state index contributed by atoms with van der Waals surface area (Å²) in [6.45, 7) is 2.00. The smallest absolute Gasteiger partial charge is 0.205 e. The lowest BCUT2D eigenvalue weighted by Crippen LogP contribution is -2.04. The van der Waals surface area contributed by atoms with Crippen LogP contribution in [0.5, 0.6) is 0 Å². The maximum atomic E-state index is 11.9. The van der Waals surface area contributed by atoms with E-state index in [1.54, 1.807) is 22.9 Å². The lowest BCUT2D eigenvalue weighted by Gasteiger charge is -2.03. The van der Waals surface area contributed by atoms with Crippen LogP contribution in [-0.2, 0) is 0 Å². The SMILES string of the molecule is Cc1ccn2c(C(=O)C=CN(C)C)cnc2c1. The fourth-order valence-corrected chi connectivity index (χ4v) is 1.57. The van der Waals surface area contributed by atoms with Gasteiger partial charge in [0.05, 0.1) is 6.20 Å². The number of imidazole rings is 1. The van der Waals surface area contributed by atoms with Crippen molar-refractivity contribution in [3.8, 4) is 0 Å². The van der Waals surface area contributed by atoms with Gasteiger partial charge in [-0.05, 0) is 24.6 Å². The van der Waals surface area contributed by atoms with Crippen LogP contribution >= 0.6 is 0 Å². The number of rotatable bonds is 3. The fourth-order valence-electron chi connectivity index (χ4n) is 1.57. The second kappa shape index (κ2) is 4.41. The summed E-state index contributed by atoms with van der Waals surface area (Å²) in [6, 6.07) is 3.91. The third kappa shape index (κ3) is 2.36. The third-order valence-corrected chi connectivity index (χ3v) is 2.45. The lowest BCUT2D eigenvalue weighted by molar-refractivity contribution is 0.104. The zero-order valence-corrected chi connectivity index (χ0v) is 10.2. The summed E-state index contributed by atoms with van der Waals surface area (Å²) in [7, 11) is 3.75. The summed E-state index contributed by atoms with van der Waals surface area (Å²) in [5.41, 5.74) is 2.51. The number of hydrogen-bond donors (Lipinski definition) is 0. The van der Waals surface area contributed by atoms with E-state index in [1.165, 1.54) is 0 Å². The minimum atomic E-state index is -0.0462. The summed E-state index contributed by atoms with van der Waals surface area (Å²) < 4.78 is 1.80. The quantitative estimate of drug-likeness (QED) is 0.596. The van der Waals surface area contributed by atoms with Crippen LogP contribution in [0.1, 0.15) is 16.1 Å². The number of carbonyl (C=O) groups excluding carboxylic acids is 1. The highest BCUT2D eigenvalue weighted by Gasteiger charge is 2.08. The predicted octanol–water partition coefficient (Wildman–Crippen LogP) is 1.90. The van der Waals surface area contributed by atoms with Crippen molar-refractivity contribution >= 4 is 11.4 Å². The second-order valence-electron chi connectivity index (χ2n) is 4.22. The van der Waals surface area contributed by atoms with Crippen molar-refractivity contribution in [1.82, 2.24) is 14.3 Å². The molecule has 2 heterocycles. The van der Waals surface area contributed by atoms with E-state index in [-0.39, 0.29) is 5.78 Å². The normalized spacial score (nSPS) is 11.2. The van der Waals surface area contributed by atoms with Gasteiger partial charge in [-0.1, -0.05) is 0 Å². The van der Waals surface area contributed by atoms with E-state index in [4.69, 9.17) is 0 Å². The molecule has 0 atom stereocenters. The second-order valence-corrected chi connectivity index (χ2v) is 4.22. The first kappa shape index (κ1) is 11.4. The first-order valence-electron chi connectivity index (χ1n) is 5.40. The molecule has 0 unspecified atom stereocenters. The van der Waals surface area contributed by atoms with Gasteiger partial charge < -0.3 is 4.90 Å². The van der Waals surface area contributed by atoms with Crippen LogP contribution in [0.25, 0.3) is 5.65 Å². The van der Waals surface area contributed by atoms with E-state index in [2.05, 4.69) is 4.98 Å². The molecule has 0 aromatic carbocycles. The molecule has 0 saturated carbocycles. The number of aromatic nitrogens is 2. The highest BCUT2D eigenvalue weighted by atomic mass is 16.1. The van der Waals surface area contributed by atoms with Crippen molar-refractivity contribution in [3.63, 3.8) is 0 Å². The molecular formula is C13H15N3O. The van der Waals surface area contributed by atoms with Gasteiger partial charge in [0.15, 0.2) is 0 Å². The van der Waals surface area contributed by atoms with Crippen LogP contribution < -0.4 is 0 Å². The number of fused-ring (bicyclic) bond motifs is 1. The maximum absolute atomic E-state index is 11.9. The molecular weight excluding hydrogens is 214 g/mol. The minimum absolute atomic E-state index is 0.0462. The van der Waals surface area contributed by atoms with Gasteiger partial charge >= 0.3 is 0 Å². The lowest BCUT2D eigenvalue weighted by atomic mass is 10.2. The molecule has 0 radical (unpaired) electrons. The number of aryl methyl sites for hydroxylation is 1. The van der Waals surface area contributed by atoms with Crippen molar-refractivity contribution in [2.45, 2.75) is 6.92 Å². The van der Waals surface area contributed by atoms with Crippen molar-refractivity contribution in [2.75, 3.05) is 14.1 Å². The number of hydrogen-bond acceptors (Lipinski definition) is 3. The molecule has 0 aliphatic rings. The van der Waals surface area contributed by atoms with E-state index < -0.39 is 0 Å². The zero-order valence-electron chi connectivity index (χ0n) is 10.2. The zero-order chi connectivity index (χ0) is 12.4. The highest BCUT2D eigenvalue weighted by molar-refractivity contribution is 6.03.